The van der Waals surface area contributed by atoms with Crippen molar-refractivity contribution >= 4 is 28.9 Å². The van der Waals surface area contributed by atoms with E-state index in [9.17, 15) is 9.18 Å². The third kappa shape index (κ3) is 4.53. The third-order valence-corrected chi connectivity index (χ3v) is 3.03. The van der Waals surface area contributed by atoms with Crippen LogP contribution in [0.4, 0.5) is 10.1 Å². The van der Waals surface area contributed by atoms with Crippen molar-refractivity contribution in [3.8, 4) is 5.75 Å². The first-order valence-corrected chi connectivity index (χ1v) is 7.01. The molecule has 4 nitrogen and oxygen atoms in total. The van der Waals surface area contributed by atoms with Crippen molar-refractivity contribution in [2.24, 2.45) is 0 Å². The minimum Gasteiger partial charge on any atom is -0.483 e. The second-order valence-electron chi connectivity index (χ2n) is 4.54. The summed E-state index contributed by atoms with van der Waals surface area (Å²) in [6.45, 7) is 1.71. The average Bonchev–Trinajstić information content (AvgIpc) is 2.49. The first kappa shape index (κ1) is 15.9. The van der Waals surface area contributed by atoms with E-state index in [-0.39, 0.29) is 17.4 Å². The number of carbonyl (C=O) groups excluding carboxylic acids is 1. The van der Waals surface area contributed by atoms with E-state index in [1.54, 1.807) is 18.2 Å². The maximum absolute atomic E-state index is 13.4. The van der Waals surface area contributed by atoms with Crippen LogP contribution in [0.3, 0.4) is 0 Å². The molecule has 0 atom stereocenters. The predicted octanol–water partition coefficient (Wildman–Crippen LogP) is 3.03. The van der Waals surface area contributed by atoms with Crippen molar-refractivity contribution in [2.75, 3.05) is 11.9 Å². The van der Waals surface area contributed by atoms with Crippen LogP contribution in [0, 0.1) is 12.7 Å². The molecule has 0 aliphatic heterocycles. The SMILES string of the molecule is Cc1ccccc1OCC(=O)NC(=S)Nc1ccccc1F. The highest BCUT2D eigenvalue weighted by atomic mass is 32.1. The summed E-state index contributed by atoms with van der Waals surface area (Å²) >= 11 is 4.96. The molecule has 2 aromatic carbocycles. The number of ether oxygens (including phenoxy) is 1. The van der Waals surface area contributed by atoms with Crippen molar-refractivity contribution < 1.29 is 13.9 Å². The number of rotatable bonds is 4. The van der Waals surface area contributed by atoms with Crippen molar-refractivity contribution in [3.63, 3.8) is 0 Å². The second kappa shape index (κ2) is 7.51. The van der Waals surface area contributed by atoms with Gasteiger partial charge in [-0.2, -0.15) is 0 Å². The molecule has 2 N–H and O–H groups in total. The topological polar surface area (TPSA) is 50.4 Å². The van der Waals surface area contributed by atoms with E-state index in [1.165, 1.54) is 12.1 Å². The maximum Gasteiger partial charge on any atom is 0.264 e. The number of hydrogen-bond acceptors (Lipinski definition) is 3. The molecule has 0 fully saturated rings. The van der Waals surface area contributed by atoms with Crippen molar-refractivity contribution in [3.05, 3.63) is 59.9 Å². The molecule has 0 unspecified atom stereocenters. The molecule has 0 spiro atoms. The zero-order chi connectivity index (χ0) is 15.9. The number of anilines is 1. The highest BCUT2D eigenvalue weighted by Gasteiger charge is 2.08. The van der Waals surface area contributed by atoms with Gasteiger partial charge < -0.3 is 10.1 Å². The highest BCUT2D eigenvalue weighted by molar-refractivity contribution is 7.80. The normalized spacial score (nSPS) is 9.91. The van der Waals surface area contributed by atoms with Gasteiger partial charge in [0.1, 0.15) is 11.6 Å². The molecule has 0 bridgehead atoms. The standard InChI is InChI=1S/C16H15FN2O2S/c1-11-6-2-5-9-14(11)21-10-15(20)19-16(22)18-13-8-4-3-7-12(13)17/h2-9H,10H2,1H3,(H2,18,19,20,22). The Hall–Kier alpha value is -2.47. The van der Waals surface area contributed by atoms with E-state index in [0.29, 0.717) is 5.75 Å². The summed E-state index contributed by atoms with van der Waals surface area (Å²) in [6, 6.07) is 13.4. The van der Waals surface area contributed by atoms with Crippen LogP contribution < -0.4 is 15.4 Å². The summed E-state index contributed by atoms with van der Waals surface area (Å²) in [5, 5.41) is 5.07. The van der Waals surface area contributed by atoms with Crippen LogP contribution in [-0.2, 0) is 4.79 Å². The molecule has 1 amide bonds. The monoisotopic (exact) mass is 318 g/mol. The van der Waals surface area contributed by atoms with E-state index >= 15 is 0 Å². The smallest absolute Gasteiger partial charge is 0.264 e. The lowest BCUT2D eigenvalue weighted by atomic mass is 10.2. The number of nitrogens with one attached hydrogen (secondary N) is 2. The zero-order valence-corrected chi connectivity index (χ0v) is 12.7. The summed E-state index contributed by atoms with van der Waals surface area (Å²) in [6.07, 6.45) is 0. The first-order valence-electron chi connectivity index (χ1n) is 6.60. The van der Waals surface area contributed by atoms with Crippen molar-refractivity contribution in [2.45, 2.75) is 6.92 Å². The van der Waals surface area contributed by atoms with Gasteiger partial charge in [0.05, 0.1) is 5.69 Å². The summed E-state index contributed by atoms with van der Waals surface area (Å²) in [7, 11) is 0. The Kier molecular flexibility index (Phi) is 5.43. The summed E-state index contributed by atoms with van der Waals surface area (Å²) in [5.74, 6) is -0.238. The Morgan fingerprint density at radius 2 is 1.86 bits per heavy atom. The largest absolute Gasteiger partial charge is 0.483 e. The lowest BCUT2D eigenvalue weighted by molar-refractivity contribution is -0.121. The van der Waals surface area contributed by atoms with Crippen molar-refractivity contribution in [1.82, 2.24) is 5.32 Å². The van der Waals surface area contributed by atoms with Crippen molar-refractivity contribution in [1.29, 1.82) is 0 Å². The molecule has 0 radical (unpaired) electrons. The van der Waals surface area contributed by atoms with Crippen LogP contribution >= 0.6 is 12.2 Å². The molecule has 114 valence electrons. The number of halogens is 1. The van der Waals surface area contributed by atoms with Gasteiger partial charge in [0, 0.05) is 0 Å². The van der Waals surface area contributed by atoms with E-state index in [0.717, 1.165) is 5.56 Å². The Bertz CT molecular complexity index is 691. The van der Waals surface area contributed by atoms with Crippen LogP contribution in [0.5, 0.6) is 5.75 Å². The predicted molar refractivity (Wildman–Crippen MR) is 87.4 cm³/mol. The Balaban J connectivity index is 1.83. The molecular weight excluding hydrogens is 303 g/mol. The Labute approximate surface area is 133 Å². The Morgan fingerprint density at radius 3 is 2.59 bits per heavy atom. The minimum atomic E-state index is -0.449. The minimum absolute atomic E-state index is 0.0171. The molecule has 0 aromatic heterocycles. The second-order valence-corrected chi connectivity index (χ2v) is 4.94. The third-order valence-electron chi connectivity index (χ3n) is 2.83. The summed E-state index contributed by atoms with van der Waals surface area (Å²) in [4.78, 5) is 11.8. The molecular formula is C16H15FN2O2S. The van der Waals surface area contributed by atoms with Crippen LogP contribution in [0.25, 0.3) is 0 Å². The van der Waals surface area contributed by atoms with Gasteiger partial charge in [0.15, 0.2) is 11.7 Å². The fourth-order valence-electron chi connectivity index (χ4n) is 1.74. The van der Waals surface area contributed by atoms with Gasteiger partial charge >= 0.3 is 0 Å². The fraction of sp³-hybridized carbons (Fsp3) is 0.125. The molecule has 0 saturated heterocycles. The first-order chi connectivity index (χ1) is 10.6. The lowest BCUT2D eigenvalue weighted by Crippen LogP contribution is -2.37. The van der Waals surface area contributed by atoms with Crippen LogP contribution in [-0.4, -0.2) is 17.6 Å². The lowest BCUT2D eigenvalue weighted by Gasteiger charge is -2.11. The van der Waals surface area contributed by atoms with Gasteiger partial charge in [-0.3, -0.25) is 10.1 Å². The van der Waals surface area contributed by atoms with Gasteiger partial charge in [-0.15, -0.1) is 0 Å². The number of amides is 1. The number of thiocarbonyl (C=S) groups is 1. The van der Waals surface area contributed by atoms with E-state index in [4.69, 9.17) is 17.0 Å². The van der Waals surface area contributed by atoms with Crippen LogP contribution in [0.15, 0.2) is 48.5 Å². The number of benzene rings is 2. The van der Waals surface area contributed by atoms with Gasteiger partial charge in [0.25, 0.3) is 5.91 Å². The van der Waals surface area contributed by atoms with E-state index < -0.39 is 11.7 Å². The van der Waals surface area contributed by atoms with E-state index in [2.05, 4.69) is 10.6 Å². The molecule has 0 saturated carbocycles. The van der Waals surface area contributed by atoms with Crippen LogP contribution in [0.1, 0.15) is 5.56 Å². The van der Waals surface area contributed by atoms with Gasteiger partial charge in [-0.25, -0.2) is 4.39 Å². The van der Waals surface area contributed by atoms with Gasteiger partial charge in [-0.1, -0.05) is 30.3 Å². The molecule has 6 heteroatoms. The molecule has 22 heavy (non-hydrogen) atoms. The molecule has 0 heterocycles. The van der Waals surface area contributed by atoms with E-state index in [1.807, 2.05) is 25.1 Å². The number of para-hydroxylation sites is 2. The summed E-state index contributed by atoms with van der Waals surface area (Å²) in [5.41, 5.74) is 1.13. The number of hydrogen-bond donors (Lipinski definition) is 2. The Morgan fingerprint density at radius 1 is 1.18 bits per heavy atom. The zero-order valence-electron chi connectivity index (χ0n) is 11.9. The van der Waals surface area contributed by atoms with Gasteiger partial charge in [-0.05, 0) is 42.9 Å². The maximum atomic E-state index is 13.4. The number of carbonyl (C=O) groups is 1. The fourth-order valence-corrected chi connectivity index (χ4v) is 1.96. The quantitative estimate of drug-likeness (QED) is 0.851. The highest BCUT2D eigenvalue weighted by Crippen LogP contribution is 2.15. The number of aryl methyl sites for hydroxylation is 1. The molecule has 0 aliphatic rings. The molecule has 2 rings (SSSR count). The van der Waals surface area contributed by atoms with Gasteiger partial charge in [0.2, 0.25) is 0 Å². The summed E-state index contributed by atoms with van der Waals surface area (Å²) < 4.78 is 18.8. The van der Waals surface area contributed by atoms with Crippen LogP contribution in [0.2, 0.25) is 0 Å². The molecule has 0 aliphatic carbocycles. The molecule has 2 aromatic rings. The average molecular weight is 318 g/mol.